The van der Waals surface area contributed by atoms with Crippen LogP contribution in [0, 0.1) is 0 Å². The van der Waals surface area contributed by atoms with Crippen LogP contribution in [0.4, 0.5) is 0 Å². The van der Waals surface area contributed by atoms with Crippen molar-refractivity contribution < 1.29 is 8.95 Å². The van der Waals surface area contributed by atoms with Gasteiger partial charge in [-0.25, -0.2) is 0 Å². The number of ether oxygens (including phenoxy) is 1. The van der Waals surface area contributed by atoms with Crippen molar-refractivity contribution in [1.29, 1.82) is 0 Å². The summed E-state index contributed by atoms with van der Waals surface area (Å²) in [4.78, 5) is 0. The Kier molecular flexibility index (Phi) is 7.57. The first-order valence-electron chi connectivity index (χ1n) is 5.99. The van der Waals surface area contributed by atoms with Crippen molar-refractivity contribution in [1.82, 2.24) is 5.32 Å². The van der Waals surface area contributed by atoms with Gasteiger partial charge < -0.3 is 10.1 Å². The van der Waals surface area contributed by atoms with E-state index < -0.39 is 10.8 Å². The van der Waals surface area contributed by atoms with Crippen molar-refractivity contribution in [2.24, 2.45) is 0 Å². The zero-order valence-corrected chi connectivity index (χ0v) is 15.3. The lowest BCUT2D eigenvalue weighted by molar-refractivity contribution is 0.409. The molecule has 6 heteroatoms. The third-order valence-electron chi connectivity index (χ3n) is 2.76. The molecule has 1 aromatic carbocycles. The first-order chi connectivity index (χ1) is 8.93. The summed E-state index contributed by atoms with van der Waals surface area (Å²) >= 11 is 6.98. The van der Waals surface area contributed by atoms with Crippen LogP contribution in [0.15, 0.2) is 21.1 Å². The second-order valence-electron chi connectivity index (χ2n) is 4.44. The van der Waals surface area contributed by atoms with E-state index in [0.717, 1.165) is 33.4 Å². The molecule has 2 atom stereocenters. The maximum absolute atomic E-state index is 11.0. The maximum atomic E-state index is 11.0. The van der Waals surface area contributed by atoms with Crippen molar-refractivity contribution in [2.45, 2.75) is 25.9 Å². The highest BCUT2D eigenvalue weighted by atomic mass is 79.9. The highest BCUT2D eigenvalue weighted by molar-refractivity contribution is 9.11. The third kappa shape index (κ3) is 5.94. The van der Waals surface area contributed by atoms with Gasteiger partial charge in [-0.15, -0.1) is 0 Å². The smallest absolute Gasteiger partial charge is 0.147 e. The maximum Gasteiger partial charge on any atom is 0.147 e. The molecule has 0 aromatic heterocycles. The molecule has 0 spiro atoms. The quantitative estimate of drug-likeness (QED) is 0.745. The molecule has 1 aromatic rings. The Labute approximate surface area is 134 Å². The van der Waals surface area contributed by atoms with Gasteiger partial charge in [-0.2, -0.15) is 0 Å². The summed E-state index contributed by atoms with van der Waals surface area (Å²) in [5.41, 5.74) is 1.17. The van der Waals surface area contributed by atoms with Crippen LogP contribution in [0.25, 0.3) is 0 Å². The van der Waals surface area contributed by atoms with Crippen molar-refractivity contribution in [3.05, 3.63) is 26.6 Å². The molecule has 0 fully saturated rings. The lowest BCUT2D eigenvalue weighted by Crippen LogP contribution is -2.27. The summed E-state index contributed by atoms with van der Waals surface area (Å²) in [6.07, 6.45) is 2.66. The molecule has 0 heterocycles. The minimum Gasteiger partial charge on any atom is -0.494 e. The molecule has 1 N–H and O–H groups in total. The second-order valence-corrected chi connectivity index (χ2v) is 7.70. The van der Waals surface area contributed by atoms with Gasteiger partial charge in [0.1, 0.15) is 5.75 Å². The highest BCUT2D eigenvalue weighted by Gasteiger charge is 2.09. The van der Waals surface area contributed by atoms with Crippen molar-refractivity contribution >= 4 is 42.7 Å². The van der Waals surface area contributed by atoms with Gasteiger partial charge in [0.25, 0.3) is 0 Å². The van der Waals surface area contributed by atoms with Gasteiger partial charge >= 0.3 is 0 Å². The third-order valence-corrected chi connectivity index (χ3v) is 4.74. The van der Waals surface area contributed by atoms with E-state index >= 15 is 0 Å². The van der Waals surface area contributed by atoms with Crippen LogP contribution >= 0.6 is 31.9 Å². The molecular weight excluding hydrogens is 394 g/mol. The van der Waals surface area contributed by atoms with Crippen molar-refractivity contribution in [3.8, 4) is 5.75 Å². The Morgan fingerprint density at radius 3 is 2.42 bits per heavy atom. The van der Waals surface area contributed by atoms with Gasteiger partial charge in [0.2, 0.25) is 0 Å². The van der Waals surface area contributed by atoms with Gasteiger partial charge in [0.05, 0.1) is 16.1 Å². The molecule has 108 valence electrons. The number of nitrogens with one attached hydrogen (secondary N) is 1. The Morgan fingerprint density at radius 1 is 1.37 bits per heavy atom. The fourth-order valence-electron chi connectivity index (χ4n) is 1.65. The normalized spacial score (nSPS) is 14.2. The van der Waals surface area contributed by atoms with Crippen LogP contribution in [0.3, 0.4) is 0 Å². The number of methoxy groups -OCH3 is 1. The van der Waals surface area contributed by atoms with E-state index in [9.17, 15) is 4.21 Å². The lowest BCUT2D eigenvalue weighted by Gasteiger charge is -2.14. The topological polar surface area (TPSA) is 38.3 Å². The molecule has 0 aliphatic carbocycles. The first kappa shape index (κ1) is 17.1. The van der Waals surface area contributed by atoms with E-state index in [0.29, 0.717) is 6.04 Å². The molecule has 0 aliphatic heterocycles. The van der Waals surface area contributed by atoms with E-state index in [1.54, 1.807) is 13.4 Å². The highest BCUT2D eigenvalue weighted by Crippen LogP contribution is 2.34. The fourth-order valence-corrected chi connectivity index (χ4v) is 3.94. The van der Waals surface area contributed by atoms with Crippen molar-refractivity contribution in [2.75, 3.05) is 19.1 Å². The number of hydrogen-bond donors (Lipinski definition) is 1. The molecular formula is C13H19Br2NO2S. The summed E-state index contributed by atoms with van der Waals surface area (Å²) < 4.78 is 18.2. The van der Waals surface area contributed by atoms with Crippen LogP contribution in [-0.4, -0.2) is 29.4 Å². The van der Waals surface area contributed by atoms with Crippen LogP contribution < -0.4 is 10.1 Å². The average molecular weight is 413 g/mol. The zero-order valence-electron chi connectivity index (χ0n) is 11.3. The predicted molar refractivity (Wildman–Crippen MR) is 88.2 cm³/mol. The first-order valence-corrected chi connectivity index (χ1v) is 9.30. The molecule has 1 rings (SSSR count). The number of hydrogen-bond acceptors (Lipinski definition) is 3. The Bertz CT molecular complexity index is 431. The van der Waals surface area contributed by atoms with Gasteiger partial charge in [0, 0.05) is 35.4 Å². The summed E-state index contributed by atoms with van der Waals surface area (Å²) in [6.45, 7) is 2.89. The van der Waals surface area contributed by atoms with E-state index in [1.807, 2.05) is 12.1 Å². The van der Waals surface area contributed by atoms with E-state index in [4.69, 9.17) is 4.74 Å². The van der Waals surface area contributed by atoms with Gasteiger partial charge in [-0.05, 0) is 62.9 Å². The molecule has 2 unspecified atom stereocenters. The lowest BCUT2D eigenvalue weighted by atomic mass is 10.2. The van der Waals surface area contributed by atoms with E-state index in [-0.39, 0.29) is 0 Å². The largest absolute Gasteiger partial charge is 0.494 e. The standard InChI is InChI=1S/C13H19Br2NO2S/c1-9(4-5-19(3)17)16-8-10-6-11(14)13(18-2)12(15)7-10/h6-7,9,16H,4-5,8H2,1-3H3. The van der Waals surface area contributed by atoms with Crippen LogP contribution in [-0.2, 0) is 17.3 Å². The minimum absolute atomic E-state index is 0.351. The van der Waals surface area contributed by atoms with Crippen LogP contribution in [0.2, 0.25) is 0 Å². The summed E-state index contributed by atoms with van der Waals surface area (Å²) in [5.74, 6) is 1.54. The molecule has 3 nitrogen and oxygen atoms in total. The van der Waals surface area contributed by atoms with Gasteiger partial charge in [-0.3, -0.25) is 4.21 Å². The fraction of sp³-hybridized carbons (Fsp3) is 0.538. The predicted octanol–water partition coefficient (Wildman–Crippen LogP) is 3.47. The number of halogens is 2. The Balaban J connectivity index is 2.56. The summed E-state index contributed by atoms with van der Waals surface area (Å²) in [7, 11) is 0.931. The van der Waals surface area contributed by atoms with Crippen LogP contribution in [0.1, 0.15) is 18.9 Å². The van der Waals surface area contributed by atoms with Crippen LogP contribution in [0.5, 0.6) is 5.75 Å². The van der Waals surface area contributed by atoms with Gasteiger partial charge in [0.15, 0.2) is 0 Å². The van der Waals surface area contributed by atoms with E-state index in [2.05, 4.69) is 44.1 Å². The molecule has 0 aliphatic rings. The van der Waals surface area contributed by atoms with Crippen molar-refractivity contribution in [3.63, 3.8) is 0 Å². The molecule has 0 saturated heterocycles. The van der Waals surface area contributed by atoms with Gasteiger partial charge in [-0.1, -0.05) is 0 Å². The summed E-state index contributed by atoms with van der Waals surface area (Å²) in [5, 5.41) is 3.43. The number of rotatable bonds is 7. The Hall–Kier alpha value is 0.0900. The van der Waals surface area contributed by atoms with E-state index in [1.165, 1.54) is 5.56 Å². The number of benzene rings is 1. The molecule has 0 bridgehead atoms. The minimum atomic E-state index is -0.717. The molecule has 0 amide bonds. The molecule has 0 radical (unpaired) electrons. The molecule has 19 heavy (non-hydrogen) atoms. The SMILES string of the molecule is COc1c(Br)cc(CNC(C)CCS(C)=O)cc1Br. The monoisotopic (exact) mass is 411 g/mol. The average Bonchev–Trinajstić information content (AvgIpc) is 2.33. The summed E-state index contributed by atoms with van der Waals surface area (Å²) in [6, 6.07) is 4.44. The second kappa shape index (κ2) is 8.39. The zero-order chi connectivity index (χ0) is 14.4. The molecule has 0 saturated carbocycles. The Morgan fingerprint density at radius 2 is 1.95 bits per heavy atom.